The summed E-state index contributed by atoms with van der Waals surface area (Å²) in [6.45, 7) is 0.414. The molecule has 1 aliphatic carbocycles. The van der Waals surface area contributed by atoms with E-state index in [4.69, 9.17) is 16.7 Å². The number of halogens is 1. The number of carbonyl (C=O) groups is 1. The Morgan fingerprint density at radius 1 is 1.14 bits per heavy atom. The number of nitrogens with one attached hydrogen (secondary N) is 1. The van der Waals surface area contributed by atoms with Crippen LogP contribution in [0.25, 0.3) is 0 Å². The van der Waals surface area contributed by atoms with Crippen molar-refractivity contribution in [3.8, 4) is 0 Å². The summed E-state index contributed by atoms with van der Waals surface area (Å²) < 4.78 is 27.7. The van der Waals surface area contributed by atoms with E-state index in [9.17, 15) is 13.2 Å². The zero-order chi connectivity index (χ0) is 20.5. The number of aliphatic carboxylic acids is 1. The van der Waals surface area contributed by atoms with Crippen LogP contribution in [0.5, 0.6) is 0 Å². The molecule has 0 amide bonds. The minimum atomic E-state index is -3.53. The predicted molar refractivity (Wildman–Crippen MR) is 119 cm³/mol. The molecule has 0 heterocycles. The van der Waals surface area contributed by atoms with Gasteiger partial charge < -0.3 is 5.11 Å². The molecule has 0 bridgehead atoms. The molecule has 1 aromatic carbocycles. The van der Waals surface area contributed by atoms with Crippen LogP contribution in [0.15, 0.2) is 41.3 Å². The van der Waals surface area contributed by atoms with Crippen LogP contribution in [0, 0.1) is 5.41 Å². The molecular formula is C21H31ClNNaO4S. The Bertz CT molecular complexity index is 759. The molecule has 5 nitrogen and oxygen atoms in total. The number of allylic oxidation sites excluding steroid dienone is 2. The molecule has 0 spiro atoms. The van der Waals surface area contributed by atoms with E-state index < -0.39 is 16.0 Å². The molecule has 0 aliphatic heterocycles. The third kappa shape index (κ3) is 9.53. The maximum atomic E-state index is 12.5. The first-order valence-corrected chi connectivity index (χ1v) is 11.8. The van der Waals surface area contributed by atoms with Crippen LogP contribution in [0.3, 0.4) is 0 Å². The summed E-state index contributed by atoms with van der Waals surface area (Å²) >= 11 is 5.83. The van der Waals surface area contributed by atoms with Crippen LogP contribution in [0.1, 0.15) is 64.2 Å². The van der Waals surface area contributed by atoms with Gasteiger partial charge in [-0.1, -0.05) is 43.0 Å². The van der Waals surface area contributed by atoms with Crippen molar-refractivity contribution in [1.29, 1.82) is 0 Å². The number of unbranched alkanes of at least 4 members (excludes halogenated alkanes) is 1. The summed E-state index contributed by atoms with van der Waals surface area (Å²) in [5, 5.41) is 9.20. The number of rotatable bonds is 11. The van der Waals surface area contributed by atoms with Crippen molar-refractivity contribution in [2.75, 3.05) is 6.54 Å². The number of carboxylic acid groups (broad SMARTS) is 1. The van der Waals surface area contributed by atoms with Gasteiger partial charge in [-0.05, 0) is 68.2 Å². The Morgan fingerprint density at radius 2 is 1.79 bits per heavy atom. The second-order valence-corrected chi connectivity index (χ2v) is 9.83. The van der Waals surface area contributed by atoms with Gasteiger partial charge >= 0.3 is 35.5 Å². The van der Waals surface area contributed by atoms with E-state index in [1.54, 1.807) is 12.1 Å². The molecule has 29 heavy (non-hydrogen) atoms. The predicted octanol–water partition coefficient (Wildman–Crippen LogP) is 4.51. The monoisotopic (exact) mass is 451 g/mol. The Hall–Kier alpha value is -0.370. The fourth-order valence-corrected chi connectivity index (χ4v) is 4.99. The molecule has 1 saturated carbocycles. The van der Waals surface area contributed by atoms with Gasteiger partial charge in [-0.2, -0.15) is 0 Å². The number of sulfonamides is 1. The summed E-state index contributed by atoms with van der Waals surface area (Å²) in [4.78, 5) is 10.8. The van der Waals surface area contributed by atoms with Gasteiger partial charge in [0.15, 0.2) is 0 Å². The van der Waals surface area contributed by atoms with Gasteiger partial charge in [-0.15, -0.1) is 0 Å². The first-order chi connectivity index (χ1) is 13.3. The van der Waals surface area contributed by atoms with Crippen molar-refractivity contribution in [3.05, 3.63) is 41.4 Å². The van der Waals surface area contributed by atoms with Gasteiger partial charge in [0, 0.05) is 18.0 Å². The summed E-state index contributed by atoms with van der Waals surface area (Å²) in [5.74, 6) is -0.759. The van der Waals surface area contributed by atoms with Crippen LogP contribution in [-0.2, 0) is 14.8 Å². The summed E-state index contributed by atoms with van der Waals surface area (Å²) in [7, 11) is -3.53. The standard InChI is InChI=1S/C21H30ClNO4S.Na.H/c22-18-9-11-19(12-10-18)28(26,27)23-17-16-21(14-6-3-7-15-21)13-5-2-1-4-8-20(24)25;;/h2,5,9-12,23H,1,3-4,6-8,13-17H2,(H,24,25);;/b5-2-;;. The summed E-state index contributed by atoms with van der Waals surface area (Å²) in [5.41, 5.74) is 0.129. The van der Waals surface area contributed by atoms with Gasteiger partial charge in [0.2, 0.25) is 10.0 Å². The van der Waals surface area contributed by atoms with Crippen LogP contribution in [-0.4, -0.2) is 55.6 Å². The van der Waals surface area contributed by atoms with Crippen LogP contribution < -0.4 is 4.72 Å². The van der Waals surface area contributed by atoms with Crippen molar-refractivity contribution in [1.82, 2.24) is 4.72 Å². The van der Waals surface area contributed by atoms with Gasteiger partial charge in [-0.3, -0.25) is 4.79 Å². The number of hydrogen-bond acceptors (Lipinski definition) is 3. The van der Waals surface area contributed by atoms with E-state index in [-0.39, 0.29) is 46.3 Å². The fourth-order valence-electron chi connectivity index (χ4n) is 3.83. The molecule has 0 radical (unpaired) electrons. The second-order valence-electron chi connectivity index (χ2n) is 7.62. The van der Waals surface area contributed by atoms with Crippen LogP contribution >= 0.6 is 11.6 Å². The molecule has 2 N–H and O–H groups in total. The van der Waals surface area contributed by atoms with Crippen molar-refractivity contribution in [3.63, 3.8) is 0 Å². The average Bonchev–Trinajstić information content (AvgIpc) is 2.65. The quantitative estimate of drug-likeness (QED) is 0.294. The number of carboxylic acids is 1. The maximum absolute atomic E-state index is 12.5. The third-order valence-electron chi connectivity index (χ3n) is 5.46. The van der Waals surface area contributed by atoms with Gasteiger partial charge in [0.25, 0.3) is 0 Å². The first kappa shape index (κ1) is 26.7. The van der Waals surface area contributed by atoms with Gasteiger partial charge in [0.05, 0.1) is 4.90 Å². The topological polar surface area (TPSA) is 83.5 Å². The molecule has 158 valence electrons. The average molecular weight is 452 g/mol. The van der Waals surface area contributed by atoms with Crippen molar-refractivity contribution in [2.24, 2.45) is 5.41 Å². The van der Waals surface area contributed by atoms with E-state index in [0.29, 0.717) is 18.0 Å². The Labute approximate surface area is 201 Å². The van der Waals surface area contributed by atoms with E-state index in [1.165, 1.54) is 31.4 Å². The number of hydrogen-bond donors (Lipinski definition) is 2. The van der Waals surface area contributed by atoms with Crippen molar-refractivity contribution >= 4 is 57.2 Å². The van der Waals surface area contributed by atoms with Crippen molar-refractivity contribution in [2.45, 2.75) is 69.1 Å². The van der Waals surface area contributed by atoms with E-state index in [1.807, 2.05) is 0 Å². The SMILES string of the molecule is O=C(O)CCC/C=C\CC1(CCNS(=O)(=O)c2ccc(Cl)cc2)CCCCC1.[NaH]. The van der Waals surface area contributed by atoms with E-state index in [0.717, 1.165) is 32.1 Å². The van der Waals surface area contributed by atoms with Crippen LogP contribution in [0.4, 0.5) is 0 Å². The molecular weight excluding hydrogens is 421 g/mol. The van der Waals surface area contributed by atoms with E-state index >= 15 is 0 Å². The van der Waals surface area contributed by atoms with Gasteiger partial charge in [-0.25, -0.2) is 13.1 Å². The van der Waals surface area contributed by atoms with Gasteiger partial charge in [0.1, 0.15) is 0 Å². The number of benzene rings is 1. The van der Waals surface area contributed by atoms with E-state index in [2.05, 4.69) is 16.9 Å². The molecule has 0 unspecified atom stereocenters. The molecule has 1 aromatic rings. The molecule has 0 aromatic heterocycles. The summed E-state index contributed by atoms with van der Waals surface area (Å²) in [6, 6.07) is 6.18. The molecule has 8 heteroatoms. The molecule has 1 fully saturated rings. The zero-order valence-corrected chi connectivity index (χ0v) is 17.8. The first-order valence-electron chi connectivity index (χ1n) is 9.95. The Morgan fingerprint density at radius 3 is 2.41 bits per heavy atom. The molecule has 1 aliphatic rings. The van der Waals surface area contributed by atoms with Crippen LogP contribution in [0.2, 0.25) is 5.02 Å². The molecule has 0 saturated heterocycles. The third-order valence-corrected chi connectivity index (χ3v) is 7.19. The Kier molecular flexibility index (Phi) is 12.1. The fraction of sp³-hybridized carbons (Fsp3) is 0.571. The summed E-state index contributed by atoms with van der Waals surface area (Å²) in [6.07, 6.45) is 13.4. The zero-order valence-electron chi connectivity index (χ0n) is 16.2. The second kappa shape index (κ2) is 13.1. The Balaban J connectivity index is 0.00000420. The normalized spacial score (nSPS) is 16.4. The minimum absolute atomic E-state index is 0. The molecule has 2 rings (SSSR count). The molecule has 0 atom stereocenters. The van der Waals surface area contributed by atoms with Crippen molar-refractivity contribution < 1.29 is 18.3 Å².